The molecule has 1 amide bonds. The fourth-order valence-electron chi connectivity index (χ4n) is 3.32. The first-order valence-electron chi connectivity index (χ1n) is 10.4. The number of halogens is 2. The van der Waals surface area contributed by atoms with Gasteiger partial charge in [-0.1, -0.05) is 37.6 Å². The van der Waals surface area contributed by atoms with Crippen LogP contribution in [0.5, 0.6) is 5.75 Å². The highest BCUT2D eigenvalue weighted by Crippen LogP contribution is 2.31. The summed E-state index contributed by atoms with van der Waals surface area (Å²) < 4.78 is 20.1. The first-order chi connectivity index (χ1) is 15.3. The zero-order chi connectivity index (χ0) is 23.1. The number of aryl methyl sites for hydroxylation is 2. The van der Waals surface area contributed by atoms with Crippen molar-refractivity contribution in [3.05, 3.63) is 76.7 Å². The lowest BCUT2D eigenvalue weighted by atomic mass is 9.79. The van der Waals surface area contributed by atoms with Crippen molar-refractivity contribution in [2.75, 3.05) is 11.9 Å². The zero-order valence-electron chi connectivity index (χ0n) is 18.4. The van der Waals surface area contributed by atoms with E-state index in [4.69, 9.17) is 16.3 Å². The van der Waals surface area contributed by atoms with Gasteiger partial charge in [-0.3, -0.25) is 4.79 Å². The van der Waals surface area contributed by atoms with Gasteiger partial charge in [0.05, 0.1) is 23.5 Å². The van der Waals surface area contributed by atoms with Gasteiger partial charge in [-0.15, -0.1) is 0 Å². The van der Waals surface area contributed by atoms with Gasteiger partial charge in [0.1, 0.15) is 17.5 Å². The summed E-state index contributed by atoms with van der Waals surface area (Å²) in [5.74, 6) is 1.16. The predicted octanol–water partition coefficient (Wildman–Crippen LogP) is 5.29. The number of anilines is 1. The van der Waals surface area contributed by atoms with Gasteiger partial charge in [0, 0.05) is 18.0 Å². The third kappa shape index (κ3) is 6.23. The standard InChI is InChI=1S/C24H26ClFN4O2/c1-4-20-21(14-27-16(2)29-20)32-15-24(3,17-6-5-7-19(26)12-17)11-10-23(31)30-22-9-8-18(25)13-28-22/h5-9,12-14H,4,10-11,15H2,1-3H3,(H,28,30,31)/t24-/m0/s1. The maximum atomic E-state index is 14.0. The minimum absolute atomic E-state index is 0.199. The number of nitrogens with one attached hydrogen (secondary N) is 1. The van der Waals surface area contributed by atoms with Crippen LogP contribution in [-0.4, -0.2) is 27.5 Å². The van der Waals surface area contributed by atoms with E-state index in [-0.39, 0.29) is 24.8 Å². The molecule has 0 saturated carbocycles. The van der Waals surface area contributed by atoms with Gasteiger partial charge in [-0.2, -0.15) is 0 Å². The molecular weight excluding hydrogens is 431 g/mol. The van der Waals surface area contributed by atoms with E-state index in [2.05, 4.69) is 20.3 Å². The van der Waals surface area contributed by atoms with Crippen molar-refractivity contribution < 1.29 is 13.9 Å². The van der Waals surface area contributed by atoms with E-state index in [9.17, 15) is 9.18 Å². The Hall–Kier alpha value is -3.06. The Bertz CT molecular complexity index is 1080. The SMILES string of the molecule is CCc1nc(C)ncc1OC[C@](C)(CCC(=O)Nc1ccc(Cl)cn1)c1cccc(F)c1. The van der Waals surface area contributed by atoms with E-state index >= 15 is 0 Å². The molecule has 2 aromatic heterocycles. The molecule has 0 aliphatic rings. The summed E-state index contributed by atoms with van der Waals surface area (Å²) >= 11 is 5.84. The van der Waals surface area contributed by atoms with Gasteiger partial charge < -0.3 is 10.1 Å². The van der Waals surface area contributed by atoms with Gasteiger partial charge in [-0.25, -0.2) is 19.3 Å². The highest BCUT2D eigenvalue weighted by atomic mass is 35.5. The number of hydrogen-bond acceptors (Lipinski definition) is 5. The van der Waals surface area contributed by atoms with Crippen LogP contribution in [0.4, 0.5) is 10.2 Å². The van der Waals surface area contributed by atoms with Crippen molar-refractivity contribution in [1.29, 1.82) is 0 Å². The lowest BCUT2D eigenvalue weighted by Gasteiger charge is -2.30. The van der Waals surface area contributed by atoms with Gasteiger partial charge in [0.2, 0.25) is 5.91 Å². The number of pyridine rings is 1. The number of carbonyl (C=O) groups excluding carboxylic acids is 1. The van der Waals surface area contributed by atoms with Crippen molar-refractivity contribution in [3.63, 3.8) is 0 Å². The molecule has 6 nitrogen and oxygen atoms in total. The topological polar surface area (TPSA) is 77.0 Å². The van der Waals surface area contributed by atoms with Crippen molar-refractivity contribution in [2.45, 2.75) is 45.4 Å². The van der Waals surface area contributed by atoms with Gasteiger partial charge in [0.25, 0.3) is 0 Å². The van der Waals surface area contributed by atoms with Crippen LogP contribution in [-0.2, 0) is 16.6 Å². The first-order valence-corrected chi connectivity index (χ1v) is 10.8. The number of amides is 1. The second kappa shape index (κ2) is 10.5. The molecule has 0 aliphatic carbocycles. The van der Waals surface area contributed by atoms with Gasteiger partial charge in [-0.05, 0) is 49.6 Å². The maximum absolute atomic E-state index is 14.0. The smallest absolute Gasteiger partial charge is 0.225 e. The molecule has 0 bridgehead atoms. The van der Waals surface area contributed by atoms with E-state index in [1.54, 1.807) is 24.4 Å². The molecule has 0 spiro atoms. The zero-order valence-corrected chi connectivity index (χ0v) is 19.1. The molecule has 32 heavy (non-hydrogen) atoms. The fourth-order valence-corrected chi connectivity index (χ4v) is 3.44. The Balaban J connectivity index is 1.75. The lowest BCUT2D eigenvalue weighted by Crippen LogP contribution is -2.32. The quantitative estimate of drug-likeness (QED) is 0.473. The summed E-state index contributed by atoms with van der Waals surface area (Å²) in [5, 5.41) is 3.25. The molecule has 0 radical (unpaired) electrons. The van der Waals surface area contributed by atoms with E-state index in [0.717, 1.165) is 11.3 Å². The van der Waals surface area contributed by atoms with Crippen LogP contribution in [0.1, 0.15) is 43.8 Å². The van der Waals surface area contributed by atoms with Crippen LogP contribution >= 0.6 is 11.6 Å². The van der Waals surface area contributed by atoms with Crippen LogP contribution in [0.15, 0.2) is 48.8 Å². The third-order valence-corrected chi connectivity index (χ3v) is 5.47. The largest absolute Gasteiger partial charge is 0.489 e. The van der Waals surface area contributed by atoms with Gasteiger partial charge in [0.15, 0.2) is 5.75 Å². The molecule has 1 N–H and O–H groups in total. The van der Waals surface area contributed by atoms with Crippen LogP contribution < -0.4 is 10.1 Å². The van der Waals surface area contributed by atoms with Gasteiger partial charge >= 0.3 is 0 Å². The van der Waals surface area contributed by atoms with Crippen molar-refractivity contribution in [3.8, 4) is 5.75 Å². The lowest BCUT2D eigenvalue weighted by molar-refractivity contribution is -0.116. The molecular formula is C24H26ClFN4O2. The number of nitrogens with zero attached hydrogens (tertiary/aromatic N) is 3. The molecule has 3 rings (SSSR count). The van der Waals surface area contributed by atoms with Crippen molar-refractivity contribution in [1.82, 2.24) is 15.0 Å². The number of rotatable bonds is 9. The molecule has 1 aromatic carbocycles. The molecule has 0 unspecified atom stereocenters. The number of carbonyl (C=O) groups is 1. The molecule has 0 fully saturated rings. The van der Waals surface area contributed by atoms with Crippen molar-refractivity contribution in [2.24, 2.45) is 0 Å². The molecule has 3 aromatic rings. The van der Waals surface area contributed by atoms with E-state index in [1.165, 1.54) is 18.3 Å². The molecule has 1 atom stereocenters. The second-order valence-electron chi connectivity index (χ2n) is 7.85. The Morgan fingerprint density at radius 1 is 1.22 bits per heavy atom. The van der Waals surface area contributed by atoms with Crippen molar-refractivity contribution >= 4 is 23.3 Å². The number of aromatic nitrogens is 3. The number of benzene rings is 1. The minimum Gasteiger partial charge on any atom is -0.489 e. The highest BCUT2D eigenvalue weighted by molar-refractivity contribution is 6.30. The average Bonchev–Trinajstić information content (AvgIpc) is 2.78. The normalized spacial score (nSPS) is 12.8. The molecule has 168 valence electrons. The highest BCUT2D eigenvalue weighted by Gasteiger charge is 2.29. The molecule has 0 aliphatic heterocycles. The minimum atomic E-state index is -0.622. The Labute approximate surface area is 192 Å². The van der Waals surface area contributed by atoms with E-state index in [1.807, 2.05) is 26.8 Å². The summed E-state index contributed by atoms with van der Waals surface area (Å²) in [4.78, 5) is 25.3. The molecule has 2 heterocycles. The predicted molar refractivity (Wildman–Crippen MR) is 123 cm³/mol. The maximum Gasteiger partial charge on any atom is 0.225 e. The summed E-state index contributed by atoms with van der Waals surface area (Å²) in [7, 11) is 0. The van der Waals surface area contributed by atoms with Crippen LogP contribution in [0.25, 0.3) is 0 Å². The summed E-state index contributed by atoms with van der Waals surface area (Å²) in [6, 6.07) is 9.67. The number of hydrogen-bond donors (Lipinski definition) is 1. The van der Waals surface area contributed by atoms with Crippen LogP contribution in [0.3, 0.4) is 0 Å². The average molecular weight is 457 g/mol. The Morgan fingerprint density at radius 3 is 2.72 bits per heavy atom. The van der Waals surface area contributed by atoms with E-state index in [0.29, 0.717) is 35.3 Å². The summed E-state index contributed by atoms with van der Waals surface area (Å²) in [6.45, 7) is 6.02. The first kappa shape index (κ1) is 23.6. The molecule has 8 heteroatoms. The van der Waals surface area contributed by atoms with E-state index < -0.39 is 5.41 Å². The second-order valence-corrected chi connectivity index (χ2v) is 8.29. The monoisotopic (exact) mass is 456 g/mol. The van der Waals surface area contributed by atoms with Crippen LogP contribution in [0, 0.1) is 12.7 Å². The number of ether oxygens (including phenoxy) is 1. The Morgan fingerprint density at radius 2 is 2.03 bits per heavy atom. The fraction of sp³-hybridized carbons (Fsp3) is 0.333. The van der Waals surface area contributed by atoms with Crippen LogP contribution in [0.2, 0.25) is 5.02 Å². The molecule has 0 saturated heterocycles. The third-order valence-electron chi connectivity index (χ3n) is 5.25. The summed E-state index contributed by atoms with van der Waals surface area (Å²) in [5.41, 5.74) is 0.939. The Kier molecular flexibility index (Phi) is 7.75. The summed E-state index contributed by atoms with van der Waals surface area (Å²) in [6.07, 6.45) is 4.46.